The van der Waals surface area contributed by atoms with Crippen molar-refractivity contribution in [3.63, 3.8) is 0 Å². The SMILES string of the molecule is CN(C)CCCCCNCCCNC(=O)/C=N\O. The Labute approximate surface area is 109 Å². The van der Waals surface area contributed by atoms with Crippen LogP contribution < -0.4 is 10.6 Å². The van der Waals surface area contributed by atoms with E-state index in [2.05, 4.69) is 34.8 Å². The number of nitrogens with zero attached hydrogens (tertiary/aromatic N) is 2. The van der Waals surface area contributed by atoms with Crippen LogP contribution in [-0.2, 0) is 4.79 Å². The molecule has 6 nitrogen and oxygen atoms in total. The van der Waals surface area contributed by atoms with E-state index in [4.69, 9.17) is 5.21 Å². The van der Waals surface area contributed by atoms with Gasteiger partial charge in [-0.3, -0.25) is 4.79 Å². The number of carbonyl (C=O) groups is 1. The van der Waals surface area contributed by atoms with Gasteiger partial charge in [-0.15, -0.1) is 0 Å². The normalized spacial score (nSPS) is 11.3. The zero-order chi connectivity index (χ0) is 13.6. The standard InChI is InChI=1S/C12H26N4O2/c1-16(2)10-5-3-4-7-13-8-6-9-14-12(17)11-15-18/h11,13,18H,3-10H2,1-2H3,(H,14,17)/b15-11-. The van der Waals surface area contributed by atoms with Crippen molar-refractivity contribution in [3.05, 3.63) is 0 Å². The molecule has 0 heterocycles. The Bertz CT molecular complexity index is 232. The van der Waals surface area contributed by atoms with Crippen molar-refractivity contribution < 1.29 is 10.0 Å². The predicted octanol–water partition coefficient (Wildman–Crippen LogP) is 0.274. The summed E-state index contributed by atoms with van der Waals surface area (Å²) < 4.78 is 0. The molecule has 0 aromatic heterocycles. The van der Waals surface area contributed by atoms with E-state index in [9.17, 15) is 4.79 Å². The second-order valence-corrected chi connectivity index (χ2v) is 4.50. The molecule has 3 N–H and O–H groups in total. The van der Waals surface area contributed by atoms with E-state index in [1.807, 2.05) is 0 Å². The molecule has 0 saturated carbocycles. The highest BCUT2D eigenvalue weighted by Crippen LogP contribution is 1.94. The van der Waals surface area contributed by atoms with Crippen molar-refractivity contribution in [2.24, 2.45) is 5.16 Å². The van der Waals surface area contributed by atoms with Crippen molar-refractivity contribution in [2.45, 2.75) is 25.7 Å². The first kappa shape index (κ1) is 16.9. The third-order valence-corrected chi connectivity index (χ3v) is 2.46. The van der Waals surface area contributed by atoms with Crippen LogP contribution in [0.2, 0.25) is 0 Å². The van der Waals surface area contributed by atoms with Gasteiger partial charge >= 0.3 is 0 Å². The van der Waals surface area contributed by atoms with E-state index >= 15 is 0 Å². The lowest BCUT2D eigenvalue weighted by Gasteiger charge is -2.09. The molecule has 0 aromatic rings. The van der Waals surface area contributed by atoms with Crippen LogP contribution in [0.15, 0.2) is 5.16 Å². The van der Waals surface area contributed by atoms with Crippen molar-refractivity contribution in [2.75, 3.05) is 40.3 Å². The van der Waals surface area contributed by atoms with Crippen molar-refractivity contribution in [1.82, 2.24) is 15.5 Å². The molecule has 0 aliphatic carbocycles. The Balaban J connectivity index is 3.10. The lowest BCUT2D eigenvalue weighted by molar-refractivity contribution is -0.114. The van der Waals surface area contributed by atoms with Crippen molar-refractivity contribution in [3.8, 4) is 0 Å². The topological polar surface area (TPSA) is 77.0 Å². The van der Waals surface area contributed by atoms with Gasteiger partial charge in [-0.1, -0.05) is 11.6 Å². The van der Waals surface area contributed by atoms with Gasteiger partial charge in [0.25, 0.3) is 5.91 Å². The van der Waals surface area contributed by atoms with E-state index in [1.54, 1.807) is 0 Å². The Morgan fingerprint density at radius 1 is 1.17 bits per heavy atom. The second kappa shape index (κ2) is 12.3. The van der Waals surface area contributed by atoms with E-state index < -0.39 is 0 Å². The summed E-state index contributed by atoms with van der Waals surface area (Å²) in [4.78, 5) is 13.1. The molecule has 106 valence electrons. The zero-order valence-corrected chi connectivity index (χ0v) is 11.5. The largest absolute Gasteiger partial charge is 0.411 e. The van der Waals surface area contributed by atoms with Crippen LogP contribution in [0, 0.1) is 0 Å². The minimum atomic E-state index is -0.360. The summed E-state index contributed by atoms with van der Waals surface area (Å²) in [7, 11) is 4.18. The van der Waals surface area contributed by atoms with Gasteiger partial charge in [-0.2, -0.15) is 0 Å². The number of unbranched alkanes of at least 4 members (excludes halogenated alkanes) is 2. The van der Waals surface area contributed by atoms with Crippen LogP contribution >= 0.6 is 0 Å². The van der Waals surface area contributed by atoms with Crippen LogP contribution in [0.5, 0.6) is 0 Å². The van der Waals surface area contributed by atoms with E-state index in [0.717, 1.165) is 32.3 Å². The zero-order valence-electron chi connectivity index (χ0n) is 11.5. The molecule has 6 heteroatoms. The summed E-state index contributed by atoms with van der Waals surface area (Å²) in [5.74, 6) is -0.360. The van der Waals surface area contributed by atoms with Gasteiger partial charge in [0.1, 0.15) is 6.21 Å². The monoisotopic (exact) mass is 258 g/mol. The Morgan fingerprint density at radius 2 is 1.89 bits per heavy atom. The fraction of sp³-hybridized carbons (Fsp3) is 0.833. The first-order valence-corrected chi connectivity index (χ1v) is 6.47. The van der Waals surface area contributed by atoms with Gasteiger partial charge in [0.2, 0.25) is 0 Å². The Kier molecular flexibility index (Phi) is 11.5. The molecule has 0 spiro atoms. The maximum absolute atomic E-state index is 10.9. The number of nitrogens with one attached hydrogen (secondary N) is 2. The Hall–Kier alpha value is -1.14. The molecule has 0 bridgehead atoms. The summed E-state index contributed by atoms with van der Waals surface area (Å²) in [6, 6.07) is 0. The number of oxime groups is 1. The summed E-state index contributed by atoms with van der Waals surface area (Å²) in [6.45, 7) is 3.67. The third-order valence-electron chi connectivity index (χ3n) is 2.46. The molecule has 18 heavy (non-hydrogen) atoms. The highest BCUT2D eigenvalue weighted by atomic mass is 16.4. The van der Waals surface area contributed by atoms with Gasteiger partial charge in [0.15, 0.2) is 0 Å². The van der Waals surface area contributed by atoms with E-state index in [-0.39, 0.29) is 5.91 Å². The summed E-state index contributed by atoms with van der Waals surface area (Å²) in [5.41, 5.74) is 0. The average molecular weight is 258 g/mol. The lowest BCUT2D eigenvalue weighted by Crippen LogP contribution is -2.28. The maximum Gasteiger partial charge on any atom is 0.265 e. The molecular weight excluding hydrogens is 232 g/mol. The number of carbonyl (C=O) groups excluding carboxylic acids is 1. The summed E-state index contributed by atoms with van der Waals surface area (Å²) in [6.07, 6.45) is 5.42. The molecule has 0 aliphatic heterocycles. The second-order valence-electron chi connectivity index (χ2n) is 4.50. The fourth-order valence-corrected chi connectivity index (χ4v) is 1.50. The van der Waals surface area contributed by atoms with Gasteiger partial charge in [0.05, 0.1) is 0 Å². The number of amides is 1. The van der Waals surface area contributed by atoms with Crippen LogP contribution in [0.4, 0.5) is 0 Å². The van der Waals surface area contributed by atoms with Gasteiger partial charge < -0.3 is 20.7 Å². The molecular formula is C12H26N4O2. The van der Waals surface area contributed by atoms with E-state index in [1.165, 1.54) is 19.3 Å². The number of rotatable bonds is 11. The molecule has 0 aromatic carbocycles. The van der Waals surface area contributed by atoms with Crippen LogP contribution in [0.25, 0.3) is 0 Å². The maximum atomic E-state index is 10.9. The molecule has 0 rings (SSSR count). The smallest absolute Gasteiger partial charge is 0.265 e. The van der Waals surface area contributed by atoms with Gasteiger partial charge in [-0.05, 0) is 53.0 Å². The minimum Gasteiger partial charge on any atom is -0.411 e. The first-order chi connectivity index (χ1) is 8.66. The average Bonchev–Trinajstić information content (AvgIpc) is 2.31. The summed E-state index contributed by atoms with van der Waals surface area (Å²) >= 11 is 0. The van der Waals surface area contributed by atoms with E-state index in [0.29, 0.717) is 6.54 Å². The molecule has 0 radical (unpaired) electrons. The highest BCUT2D eigenvalue weighted by Gasteiger charge is 1.95. The Morgan fingerprint density at radius 3 is 2.56 bits per heavy atom. The van der Waals surface area contributed by atoms with Crippen LogP contribution in [0.3, 0.4) is 0 Å². The fourth-order valence-electron chi connectivity index (χ4n) is 1.50. The van der Waals surface area contributed by atoms with Crippen LogP contribution in [0.1, 0.15) is 25.7 Å². The molecule has 0 fully saturated rings. The quantitative estimate of drug-likeness (QED) is 0.215. The van der Waals surface area contributed by atoms with Gasteiger partial charge in [0, 0.05) is 6.54 Å². The third kappa shape index (κ3) is 12.9. The van der Waals surface area contributed by atoms with Crippen molar-refractivity contribution >= 4 is 12.1 Å². The predicted molar refractivity (Wildman–Crippen MR) is 73.2 cm³/mol. The minimum absolute atomic E-state index is 0.360. The lowest BCUT2D eigenvalue weighted by atomic mass is 10.2. The highest BCUT2D eigenvalue weighted by molar-refractivity contribution is 6.25. The van der Waals surface area contributed by atoms with Crippen molar-refractivity contribution in [1.29, 1.82) is 0 Å². The molecule has 0 atom stereocenters. The molecule has 0 saturated heterocycles. The number of hydrogen-bond donors (Lipinski definition) is 3. The number of hydrogen-bond acceptors (Lipinski definition) is 5. The summed E-state index contributed by atoms with van der Waals surface area (Å²) in [5, 5.41) is 16.7. The first-order valence-electron chi connectivity index (χ1n) is 6.47. The molecule has 0 unspecified atom stereocenters. The molecule has 1 amide bonds. The van der Waals surface area contributed by atoms with Crippen LogP contribution in [-0.4, -0.2) is 62.5 Å². The van der Waals surface area contributed by atoms with Gasteiger partial charge in [-0.25, -0.2) is 0 Å². The molecule has 0 aliphatic rings.